The Morgan fingerprint density at radius 2 is 1.81 bits per heavy atom. The summed E-state index contributed by atoms with van der Waals surface area (Å²) in [5.74, 6) is -1.91. The van der Waals surface area contributed by atoms with Gasteiger partial charge in [0, 0.05) is 67.5 Å². The molecular formula is C23H24ClN3O4. The van der Waals surface area contributed by atoms with Crippen molar-refractivity contribution in [1.82, 2.24) is 14.4 Å². The maximum Gasteiger partial charge on any atom is 0.335 e. The van der Waals surface area contributed by atoms with Crippen LogP contribution in [0.2, 0.25) is 5.02 Å². The van der Waals surface area contributed by atoms with Crippen molar-refractivity contribution in [2.45, 2.75) is 12.6 Å². The molecule has 0 radical (unpaired) electrons. The normalized spacial score (nSPS) is 16.5. The Bertz CT molecular complexity index is 1140. The third kappa shape index (κ3) is 4.44. The SMILES string of the molecule is Cn1cc([C@H](C(=O)O)N2CCN(Cc3cccc(Cl)c3)CC2)c2ccc(C(=O)O)cc21. The molecule has 0 saturated carbocycles. The van der Waals surface area contributed by atoms with Gasteiger partial charge in [0.15, 0.2) is 0 Å². The van der Waals surface area contributed by atoms with Gasteiger partial charge in [-0.2, -0.15) is 0 Å². The van der Waals surface area contributed by atoms with Gasteiger partial charge in [-0.05, 0) is 29.8 Å². The molecule has 0 aliphatic carbocycles. The predicted molar refractivity (Wildman–Crippen MR) is 119 cm³/mol. The minimum absolute atomic E-state index is 0.182. The fraction of sp³-hybridized carbons (Fsp3) is 0.304. The van der Waals surface area contributed by atoms with E-state index < -0.39 is 18.0 Å². The van der Waals surface area contributed by atoms with Gasteiger partial charge in [0.1, 0.15) is 6.04 Å². The summed E-state index contributed by atoms with van der Waals surface area (Å²) in [6.07, 6.45) is 1.80. The number of hydrogen-bond donors (Lipinski definition) is 2. The van der Waals surface area contributed by atoms with Gasteiger partial charge in [-0.15, -0.1) is 0 Å². The molecule has 7 nitrogen and oxygen atoms in total. The lowest BCUT2D eigenvalue weighted by molar-refractivity contribution is -0.144. The maximum absolute atomic E-state index is 12.3. The first-order chi connectivity index (χ1) is 14.8. The molecule has 3 aromatic rings. The van der Waals surface area contributed by atoms with Crippen molar-refractivity contribution < 1.29 is 19.8 Å². The van der Waals surface area contributed by atoms with Gasteiger partial charge in [-0.25, -0.2) is 4.79 Å². The number of carboxylic acids is 2. The predicted octanol–water partition coefficient (Wildman–Crippen LogP) is 3.47. The lowest BCUT2D eigenvalue weighted by atomic mass is 10.0. The van der Waals surface area contributed by atoms with Gasteiger partial charge in [0.2, 0.25) is 0 Å². The summed E-state index contributed by atoms with van der Waals surface area (Å²) in [6, 6.07) is 11.8. The second-order valence-corrected chi connectivity index (χ2v) is 8.35. The summed E-state index contributed by atoms with van der Waals surface area (Å²) in [5, 5.41) is 20.8. The van der Waals surface area contributed by atoms with E-state index in [1.165, 1.54) is 6.07 Å². The summed E-state index contributed by atoms with van der Waals surface area (Å²) in [5.41, 5.74) is 2.71. The average Bonchev–Trinajstić information content (AvgIpc) is 3.05. The van der Waals surface area contributed by atoms with Crippen molar-refractivity contribution >= 4 is 34.4 Å². The highest BCUT2D eigenvalue weighted by Crippen LogP contribution is 2.31. The summed E-state index contributed by atoms with van der Waals surface area (Å²) in [6.45, 7) is 3.54. The van der Waals surface area contributed by atoms with E-state index in [4.69, 9.17) is 11.6 Å². The van der Waals surface area contributed by atoms with Gasteiger partial charge in [0.05, 0.1) is 5.56 Å². The molecule has 0 unspecified atom stereocenters. The van der Waals surface area contributed by atoms with E-state index in [0.717, 1.165) is 30.6 Å². The van der Waals surface area contributed by atoms with E-state index in [9.17, 15) is 19.8 Å². The number of rotatable bonds is 6. The molecule has 0 spiro atoms. The van der Waals surface area contributed by atoms with Crippen LogP contribution in [0.1, 0.15) is 27.5 Å². The number of halogens is 1. The van der Waals surface area contributed by atoms with Crippen LogP contribution in [0.25, 0.3) is 10.9 Å². The van der Waals surface area contributed by atoms with Gasteiger partial charge in [-0.1, -0.05) is 29.8 Å². The standard InChI is InChI=1S/C23H24ClN3O4/c1-25-14-19(18-6-5-16(22(28)29)12-20(18)25)21(23(30)31)27-9-7-26(8-10-27)13-15-3-2-4-17(24)11-15/h2-6,11-12,14,21H,7-10,13H2,1H3,(H,28,29)(H,30,31)/t21-/m1/s1. The van der Waals surface area contributed by atoms with Crippen molar-refractivity contribution in [2.75, 3.05) is 26.2 Å². The smallest absolute Gasteiger partial charge is 0.335 e. The van der Waals surface area contributed by atoms with Crippen molar-refractivity contribution in [3.05, 3.63) is 70.4 Å². The van der Waals surface area contributed by atoms with Gasteiger partial charge >= 0.3 is 11.9 Å². The first-order valence-corrected chi connectivity index (χ1v) is 10.5. The van der Waals surface area contributed by atoms with Crippen LogP contribution in [0.3, 0.4) is 0 Å². The van der Waals surface area contributed by atoms with Crippen LogP contribution in [0.15, 0.2) is 48.7 Å². The number of aromatic nitrogens is 1. The molecule has 1 aliphatic rings. The Balaban J connectivity index is 1.54. The molecule has 4 rings (SSSR count). The van der Waals surface area contributed by atoms with Crippen molar-refractivity contribution in [2.24, 2.45) is 7.05 Å². The van der Waals surface area contributed by atoms with Crippen LogP contribution in [-0.4, -0.2) is 62.7 Å². The Hall–Kier alpha value is -2.87. The largest absolute Gasteiger partial charge is 0.480 e. The number of piperazine rings is 1. The zero-order valence-electron chi connectivity index (χ0n) is 17.2. The minimum Gasteiger partial charge on any atom is -0.480 e. The summed E-state index contributed by atoms with van der Waals surface area (Å²) in [7, 11) is 1.80. The molecule has 8 heteroatoms. The van der Waals surface area contributed by atoms with Crippen LogP contribution in [0.5, 0.6) is 0 Å². The van der Waals surface area contributed by atoms with Crippen LogP contribution in [-0.2, 0) is 18.4 Å². The second kappa shape index (κ2) is 8.70. The first-order valence-electron chi connectivity index (χ1n) is 10.1. The topological polar surface area (TPSA) is 86.0 Å². The molecule has 0 bridgehead atoms. The second-order valence-electron chi connectivity index (χ2n) is 7.92. The van der Waals surface area contributed by atoms with Crippen molar-refractivity contribution in [1.29, 1.82) is 0 Å². The lowest BCUT2D eigenvalue weighted by Gasteiger charge is -2.37. The molecular weight excluding hydrogens is 418 g/mol. The van der Waals surface area contributed by atoms with Crippen molar-refractivity contribution in [3.8, 4) is 0 Å². The average molecular weight is 442 g/mol. The number of aromatic carboxylic acids is 1. The van der Waals surface area contributed by atoms with Crippen LogP contribution < -0.4 is 0 Å². The molecule has 0 amide bonds. The monoisotopic (exact) mass is 441 g/mol. The number of benzene rings is 2. The third-order valence-electron chi connectivity index (χ3n) is 5.86. The molecule has 2 heterocycles. The molecule has 1 aromatic heterocycles. The van der Waals surface area contributed by atoms with Gasteiger partial charge in [0.25, 0.3) is 0 Å². The van der Waals surface area contributed by atoms with Gasteiger partial charge in [-0.3, -0.25) is 14.6 Å². The highest BCUT2D eigenvalue weighted by atomic mass is 35.5. The molecule has 2 N–H and O–H groups in total. The number of aliphatic carboxylic acids is 1. The van der Waals surface area contributed by atoms with E-state index in [1.807, 2.05) is 29.2 Å². The Morgan fingerprint density at radius 1 is 1.06 bits per heavy atom. The van der Waals surface area contributed by atoms with Crippen LogP contribution in [0.4, 0.5) is 0 Å². The lowest BCUT2D eigenvalue weighted by Crippen LogP contribution is -2.48. The fourth-order valence-electron chi connectivity index (χ4n) is 4.33. The maximum atomic E-state index is 12.3. The number of aryl methyl sites for hydroxylation is 1. The third-order valence-corrected chi connectivity index (χ3v) is 6.10. The number of fused-ring (bicyclic) bond motifs is 1. The zero-order valence-corrected chi connectivity index (χ0v) is 17.9. The van der Waals surface area contributed by atoms with Crippen LogP contribution >= 0.6 is 11.6 Å². The summed E-state index contributed by atoms with van der Waals surface area (Å²) >= 11 is 6.08. The Morgan fingerprint density at radius 3 is 2.45 bits per heavy atom. The minimum atomic E-state index is -1.00. The fourth-order valence-corrected chi connectivity index (χ4v) is 4.54. The summed E-state index contributed by atoms with van der Waals surface area (Å²) in [4.78, 5) is 27.9. The Labute approximate surface area is 185 Å². The molecule has 2 aromatic carbocycles. The first kappa shape index (κ1) is 21.4. The number of nitrogens with zero attached hydrogens (tertiary/aromatic N) is 3. The highest BCUT2D eigenvalue weighted by molar-refractivity contribution is 6.30. The Kier molecular flexibility index (Phi) is 6.00. The molecule has 1 fully saturated rings. The molecule has 162 valence electrons. The highest BCUT2D eigenvalue weighted by Gasteiger charge is 2.32. The van der Waals surface area contributed by atoms with Crippen molar-refractivity contribution in [3.63, 3.8) is 0 Å². The zero-order chi connectivity index (χ0) is 22.1. The van der Waals surface area contributed by atoms with E-state index in [2.05, 4.69) is 4.90 Å². The van der Waals surface area contributed by atoms with E-state index >= 15 is 0 Å². The summed E-state index contributed by atoms with van der Waals surface area (Å²) < 4.78 is 1.79. The molecule has 31 heavy (non-hydrogen) atoms. The number of carboxylic acid groups (broad SMARTS) is 2. The van der Waals surface area contributed by atoms with E-state index in [0.29, 0.717) is 29.2 Å². The molecule has 1 atom stereocenters. The van der Waals surface area contributed by atoms with E-state index in [1.54, 1.807) is 29.9 Å². The quantitative estimate of drug-likeness (QED) is 0.609. The number of hydrogen-bond acceptors (Lipinski definition) is 4. The van der Waals surface area contributed by atoms with E-state index in [-0.39, 0.29) is 5.56 Å². The van der Waals surface area contributed by atoms with Gasteiger partial charge < -0.3 is 14.8 Å². The molecule has 1 saturated heterocycles. The molecule has 1 aliphatic heterocycles. The van der Waals surface area contributed by atoms with Crippen LogP contribution in [0, 0.1) is 0 Å². The number of carbonyl (C=O) groups is 2.